The number of aryl methyl sites for hydroxylation is 1. The molecule has 0 unspecified atom stereocenters. The van der Waals surface area contributed by atoms with E-state index in [0.717, 1.165) is 34.7 Å². The van der Waals surface area contributed by atoms with E-state index in [2.05, 4.69) is 11.9 Å². The fraction of sp³-hybridized carbons (Fsp3) is 0.562. The summed E-state index contributed by atoms with van der Waals surface area (Å²) < 4.78 is 4.93. The van der Waals surface area contributed by atoms with E-state index >= 15 is 0 Å². The second kappa shape index (κ2) is 6.40. The summed E-state index contributed by atoms with van der Waals surface area (Å²) in [4.78, 5) is 24.8. The van der Waals surface area contributed by atoms with Crippen LogP contribution in [0.2, 0.25) is 0 Å². The first-order valence-corrected chi connectivity index (χ1v) is 10.0. The Morgan fingerprint density at radius 2 is 2.33 bits per heavy atom. The van der Waals surface area contributed by atoms with E-state index in [-0.39, 0.29) is 6.09 Å². The van der Waals surface area contributed by atoms with Crippen molar-refractivity contribution in [2.75, 3.05) is 31.2 Å². The summed E-state index contributed by atoms with van der Waals surface area (Å²) in [5.74, 6) is 2.06. The Bertz CT molecular complexity index is 792. The highest BCUT2D eigenvalue weighted by molar-refractivity contribution is 7.99. The van der Waals surface area contributed by atoms with Crippen LogP contribution >= 0.6 is 23.1 Å². The fourth-order valence-electron chi connectivity index (χ4n) is 3.29. The number of hydrogen-bond acceptors (Lipinski definition) is 7. The quantitative estimate of drug-likeness (QED) is 0.663. The van der Waals surface area contributed by atoms with Crippen molar-refractivity contribution in [3.8, 4) is 0 Å². The van der Waals surface area contributed by atoms with Gasteiger partial charge in [0.05, 0.1) is 11.9 Å². The van der Waals surface area contributed by atoms with E-state index in [1.54, 1.807) is 16.2 Å². The molecule has 1 fully saturated rings. The second-order valence-electron chi connectivity index (χ2n) is 6.37. The van der Waals surface area contributed by atoms with Gasteiger partial charge in [-0.05, 0) is 30.7 Å². The molecule has 2 aromatic heterocycles. The summed E-state index contributed by atoms with van der Waals surface area (Å²) in [5, 5.41) is 1.76. The van der Waals surface area contributed by atoms with Gasteiger partial charge in [0.2, 0.25) is 0 Å². The van der Waals surface area contributed by atoms with Crippen molar-refractivity contribution in [1.29, 1.82) is 0 Å². The van der Waals surface area contributed by atoms with Gasteiger partial charge in [-0.15, -0.1) is 11.3 Å². The highest BCUT2D eigenvalue weighted by Crippen LogP contribution is 2.39. The molecule has 2 aliphatic rings. The Kier molecular flexibility index (Phi) is 4.26. The maximum Gasteiger partial charge on any atom is 0.409 e. The summed E-state index contributed by atoms with van der Waals surface area (Å²) in [7, 11) is 0. The number of carbonyl (C=O) groups is 1. The predicted molar refractivity (Wildman–Crippen MR) is 96.7 cm³/mol. The summed E-state index contributed by atoms with van der Waals surface area (Å²) in [6.45, 7) is 4.09. The molecule has 8 heteroatoms. The molecule has 0 bridgehead atoms. The molecule has 1 amide bonds. The zero-order chi connectivity index (χ0) is 16.7. The average Bonchev–Trinajstić information content (AvgIpc) is 3.10. The van der Waals surface area contributed by atoms with E-state index in [1.165, 1.54) is 28.6 Å². The number of cyclic esters (lactones) is 1. The number of fused-ring (bicyclic) bond motifs is 3. The summed E-state index contributed by atoms with van der Waals surface area (Å²) in [6.07, 6.45) is 3.18. The van der Waals surface area contributed by atoms with Gasteiger partial charge >= 0.3 is 6.09 Å². The van der Waals surface area contributed by atoms with E-state index in [4.69, 9.17) is 15.5 Å². The molecule has 3 heterocycles. The minimum Gasteiger partial charge on any atom is -0.448 e. The molecular formula is C16H20N4O2S2. The Labute approximate surface area is 148 Å². The second-order valence-corrected chi connectivity index (χ2v) is 8.52. The Balaban J connectivity index is 1.51. The van der Waals surface area contributed by atoms with Crippen molar-refractivity contribution in [3.05, 3.63) is 10.4 Å². The number of anilines is 1. The number of thiophene rings is 1. The van der Waals surface area contributed by atoms with Gasteiger partial charge in [0, 0.05) is 17.2 Å². The summed E-state index contributed by atoms with van der Waals surface area (Å²) >= 11 is 3.30. The molecule has 1 aliphatic heterocycles. The van der Waals surface area contributed by atoms with Crippen molar-refractivity contribution in [2.24, 2.45) is 5.92 Å². The van der Waals surface area contributed by atoms with Crippen molar-refractivity contribution in [3.63, 3.8) is 0 Å². The molecule has 0 spiro atoms. The van der Waals surface area contributed by atoms with Gasteiger partial charge < -0.3 is 15.4 Å². The van der Waals surface area contributed by atoms with Crippen molar-refractivity contribution in [1.82, 2.24) is 14.9 Å². The van der Waals surface area contributed by atoms with Crippen LogP contribution in [0.1, 0.15) is 23.8 Å². The first-order valence-electron chi connectivity index (χ1n) is 8.24. The van der Waals surface area contributed by atoms with Gasteiger partial charge in [-0.2, -0.15) is 0 Å². The first kappa shape index (κ1) is 16.0. The van der Waals surface area contributed by atoms with E-state index < -0.39 is 0 Å². The van der Waals surface area contributed by atoms with Gasteiger partial charge in [-0.1, -0.05) is 18.7 Å². The molecule has 4 rings (SSSR count). The number of nitrogen functional groups attached to an aromatic ring is 1. The maximum atomic E-state index is 11.4. The number of ether oxygens (including phenoxy) is 1. The summed E-state index contributed by atoms with van der Waals surface area (Å²) in [5.41, 5.74) is 7.60. The average molecular weight is 364 g/mol. The molecule has 1 atom stereocenters. The lowest BCUT2D eigenvalue weighted by Gasteiger charge is -2.17. The molecule has 128 valence electrons. The zero-order valence-electron chi connectivity index (χ0n) is 13.6. The highest BCUT2D eigenvalue weighted by atomic mass is 32.2. The molecule has 0 radical (unpaired) electrons. The number of nitrogens with zero attached hydrogens (tertiary/aromatic N) is 3. The number of carbonyl (C=O) groups excluding carboxylic acids is 1. The topological polar surface area (TPSA) is 81.3 Å². The van der Waals surface area contributed by atoms with E-state index in [0.29, 0.717) is 30.7 Å². The lowest BCUT2D eigenvalue weighted by Crippen LogP contribution is -2.26. The maximum absolute atomic E-state index is 11.4. The van der Waals surface area contributed by atoms with E-state index in [1.807, 2.05) is 0 Å². The third-order valence-electron chi connectivity index (χ3n) is 4.60. The largest absolute Gasteiger partial charge is 0.448 e. The number of amides is 1. The third-order valence-corrected chi connectivity index (χ3v) is 6.58. The SMILES string of the molecule is C[C@@H]1CCc2c(sc3nc(SCCN4CCOC4=O)nc(N)c23)C1. The monoisotopic (exact) mass is 364 g/mol. The Morgan fingerprint density at radius 1 is 1.46 bits per heavy atom. The normalized spacial score (nSPS) is 20.5. The minimum absolute atomic E-state index is 0.230. The predicted octanol–water partition coefficient (Wildman–Crippen LogP) is 2.94. The molecular weight excluding hydrogens is 344 g/mol. The van der Waals surface area contributed by atoms with Crippen molar-refractivity contribution < 1.29 is 9.53 Å². The van der Waals surface area contributed by atoms with Crippen molar-refractivity contribution >= 4 is 45.2 Å². The number of rotatable bonds is 4. The molecule has 0 aromatic carbocycles. The van der Waals surface area contributed by atoms with E-state index in [9.17, 15) is 4.79 Å². The number of hydrogen-bond donors (Lipinski definition) is 1. The molecule has 24 heavy (non-hydrogen) atoms. The number of aromatic nitrogens is 2. The molecule has 1 aliphatic carbocycles. The Morgan fingerprint density at radius 3 is 3.12 bits per heavy atom. The van der Waals surface area contributed by atoms with Crippen LogP contribution in [-0.4, -0.2) is 46.4 Å². The molecule has 6 nitrogen and oxygen atoms in total. The third kappa shape index (κ3) is 2.93. The van der Waals surface area contributed by atoms with Gasteiger partial charge in [0.1, 0.15) is 17.3 Å². The summed E-state index contributed by atoms with van der Waals surface area (Å²) in [6, 6.07) is 0. The Hall–Kier alpha value is -1.54. The van der Waals surface area contributed by atoms with Crippen LogP contribution in [0.4, 0.5) is 10.6 Å². The van der Waals surface area contributed by atoms with Crippen LogP contribution < -0.4 is 5.73 Å². The van der Waals surface area contributed by atoms with Gasteiger partial charge in [-0.3, -0.25) is 0 Å². The first-order chi connectivity index (χ1) is 11.6. The van der Waals surface area contributed by atoms with Gasteiger partial charge in [0.15, 0.2) is 5.16 Å². The van der Waals surface area contributed by atoms with Crippen LogP contribution in [-0.2, 0) is 17.6 Å². The van der Waals surface area contributed by atoms with Crippen LogP contribution in [0.5, 0.6) is 0 Å². The smallest absolute Gasteiger partial charge is 0.409 e. The molecule has 0 saturated carbocycles. The number of thioether (sulfide) groups is 1. The lowest BCUT2D eigenvalue weighted by molar-refractivity contribution is 0.160. The van der Waals surface area contributed by atoms with Gasteiger partial charge in [-0.25, -0.2) is 14.8 Å². The standard InChI is InChI=1S/C16H20N4O2S2/c1-9-2-3-10-11(8-9)24-14-12(10)13(17)18-15(19-14)23-7-5-20-4-6-22-16(20)21/h9H,2-8H2,1H3,(H2,17,18,19)/t9-/m1/s1. The van der Waals surface area contributed by atoms with Gasteiger partial charge in [0.25, 0.3) is 0 Å². The van der Waals surface area contributed by atoms with Crippen LogP contribution in [0.3, 0.4) is 0 Å². The minimum atomic E-state index is -0.230. The van der Waals surface area contributed by atoms with Crippen LogP contribution in [0.15, 0.2) is 5.16 Å². The fourth-order valence-corrected chi connectivity index (χ4v) is 5.55. The molecule has 2 N–H and O–H groups in total. The van der Waals surface area contributed by atoms with Crippen LogP contribution in [0, 0.1) is 5.92 Å². The molecule has 1 saturated heterocycles. The molecule has 2 aromatic rings. The number of nitrogens with two attached hydrogens (primary N) is 1. The highest BCUT2D eigenvalue weighted by Gasteiger charge is 2.24. The zero-order valence-corrected chi connectivity index (χ0v) is 15.2. The lowest BCUT2D eigenvalue weighted by atomic mass is 9.89. The van der Waals surface area contributed by atoms with Crippen molar-refractivity contribution in [2.45, 2.75) is 31.3 Å². The van der Waals surface area contributed by atoms with Crippen LogP contribution in [0.25, 0.3) is 10.2 Å².